The van der Waals surface area contributed by atoms with E-state index in [1.54, 1.807) is 16.6 Å². The van der Waals surface area contributed by atoms with Crippen molar-refractivity contribution in [3.63, 3.8) is 0 Å². The quantitative estimate of drug-likeness (QED) is 0.780. The molecule has 1 aliphatic carbocycles. The molecule has 4 rings (SSSR count). The van der Waals surface area contributed by atoms with Crippen LogP contribution in [0.1, 0.15) is 12.8 Å². The van der Waals surface area contributed by atoms with Gasteiger partial charge in [-0.15, -0.1) is 0 Å². The summed E-state index contributed by atoms with van der Waals surface area (Å²) in [7, 11) is 0. The molecule has 22 heavy (non-hydrogen) atoms. The molecule has 0 spiro atoms. The van der Waals surface area contributed by atoms with Gasteiger partial charge in [-0.05, 0) is 36.6 Å². The van der Waals surface area contributed by atoms with E-state index in [0.717, 1.165) is 29.5 Å². The van der Waals surface area contributed by atoms with Crippen molar-refractivity contribution in [1.82, 2.24) is 9.61 Å². The second-order valence-electron chi connectivity index (χ2n) is 5.59. The van der Waals surface area contributed by atoms with Crippen molar-refractivity contribution in [2.45, 2.75) is 12.8 Å². The smallest absolute Gasteiger partial charge is 0.228 e. The molecule has 1 aliphatic rings. The van der Waals surface area contributed by atoms with E-state index < -0.39 is 0 Å². The zero-order valence-corrected chi connectivity index (χ0v) is 11.9. The van der Waals surface area contributed by atoms with Crippen LogP contribution in [0.5, 0.6) is 5.75 Å². The molecule has 0 aliphatic heterocycles. The van der Waals surface area contributed by atoms with Crippen molar-refractivity contribution < 1.29 is 9.90 Å². The monoisotopic (exact) mass is 293 g/mol. The number of benzene rings is 1. The molecule has 1 amide bonds. The zero-order chi connectivity index (χ0) is 15.1. The number of phenols is 1. The van der Waals surface area contributed by atoms with Crippen molar-refractivity contribution in [3.8, 4) is 16.9 Å². The van der Waals surface area contributed by atoms with Crippen molar-refractivity contribution in [1.29, 1.82) is 0 Å². The average molecular weight is 293 g/mol. The van der Waals surface area contributed by atoms with Gasteiger partial charge in [0.25, 0.3) is 0 Å². The van der Waals surface area contributed by atoms with E-state index in [9.17, 15) is 9.90 Å². The first-order valence-corrected chi connectivity index (χ1v) is 7.29. The van der Waals surface area contributed by atoms with E-state index in [1.807, 2.05) is 36.5 Å². The summed E-state index contributed by atoms with van der Waals surface area (Å²) >= 11 is 0. The van der Waals surface area contributed by atoms with Crippen LogP contribution in [0.3, 0.4) is 0 Å². The molecule has 2 heterocycles. The number of nitrogens with zero attached hydrogens (tertiary/aromatic N) is 2. The van der Waals surface area contributed by atoms with Crippen molar-refractivity contribution in [2.75, 3.05) is 5.32 Å². The van der Waals surface area contributed by atoms with Crippen LogP contribution in [0.25, 0.3) is 16.6 Å². The van der Waals surface area contributed by atoms with Gasteiger partial charge in [0.2, 0.25) is 5.91 Å². The second-order valence-corrected chi connectivity index (χ2v) is 5.59. The van der Waals surface area contributed by atoms with E-state index in [1.165, 1.54) is 0 Å². The number of fused-ring (bicyclic) bond motifs is 1. The van der Waals surface area contributed by atoms with Crippen LogP contribution in [-0.4, -0.2) is 20.6 Å². The van der Waals surface area contributed by atoms with Crippen molar-refractivity contribution >= 4 is 17.2 Å². The molecule has 5 nitrogen and oxygen atoms in total. The van der Waals surface area contributed by atoms with Gasteiger partial charge in [0, 0.05) is 23.7 Å². The van der Waals surface area contributed by atoms with Crippen LogP contribution in [0, 0.1) is 5.92 Å². The zero-order valence-electron chi connectivity index (χ0n) is 11.9. The van der Waals surface area contributed by atoms with Gasteiger partial charge in [0.05, 0.1) is 5.52 Å². The summed E-state index contributed by atoms with van der Waals surface area (Å²) in [4.78, 5) is 11.9. The molecule has 2 aromatic heterocycles. The number of hydrogen-bond donors (Lipinski definition) is 2. The van der Waals surface area contributed by atoms with Gasteiger partial charge in [-0.1, -0.05) is 18.2 Å². The Labute approximate surface area is 127 Å². The first-order valence-electron chi connectivity index (χ1n) is 7.29. The third kappa shape index (κ3) is 2.30. The topological polar surface area (TPSA) is 66.6 Å². The molecule has 1 aromatic carbocycles. The van der Waals surface area contributed by atoms with E-state index in [0.29, 0.717) is 5.82 Å². The lowest BCUT2D eigenvalue weighted by molar-refractivity contribution is -0.117. The number of aromatic nitrogens is 2. The Morgan fingerprint density at radius 1 is 1.23 bits per heavy atom. The number of pyridine rings is 1. The number of nitrogens with one attached hydrogen (secondary N) is 1. The fourth-order valence-corrected chi connectivity index (χ4v) is 2.54. The molecule has 0 saturated heterocycles. The summed E-state index contributed by atoms with van der Waals surface area (Å²) in [5.74, 6) is 1.01. The minimum absolute atomic E-state index is 0.0505. The highest BCUT2D eigenvalue weighted by atomic mass is 16.3. The highest BCUT2D eigenvalue weighted by Crippen LogP contribution is 2.31. The third-order valence-electron chi connectivity index (χ3n) is 3.88. The predicted octanol–water partition coefficient (Wildman–Crippen LogP) is 3.06. The molecule has 3 aromatic rings. The van der Waals surface area contributed by atoms with E-state index in [2.05, 4.69) is 10.4 Å². The maximum Gasteiger partial charge on any atom is 0.228 e. The standard InChI is InChI=1S/C17H15N3O2/c21-13-7-5-11(6-8-13)14-2-1-9-20-15(14)10-16(19-20)18-17(22)12-3-4-12/h1-2,5-10,12,21H,3-4H2,(H,18,19,22). The fourth-order valence-electron chi connectivity index (χ4n) is 2.54. The van der Waals surface area contributed by atoms with Crippen molar-refractivity contribution in [3.05, 3.63) is 48.7 Å². The van der Waals surface area contributed by atoms with Gasteiger partial charge in [0.15, 0.2) is 5.82 Å². The van der Waals surface area contributed by atoms with Crippen LogP contribution in [0.2, 0.25) is 0 Å². The molecule has 0 bridgehead atoms. The number of carbonyl (C=O) groups is 1. The van der Waals surface area contributed by atoms with Gasteiger partial charge in [-0.2, -0.15) is 5.10 Å². The molecule has 1 saturated carbocycles. The lowest BCUT2D eigenvalue weighted by Crippen LogP contribution is -2.13. The number of rotatable bonds is 3. The van der Waals surface area contributed by atoms with Crippen LogP contribution >= 0.6 is 0 Å². The largest absolute Gasteiger partial charge is 0.508 e. The Kier molecular flexibility index (Phi) is 2.85. The average Bonchev–Trinajstić information content (AvgIpc) is 3.28. The third-order valence-corrected chi connectivity index (χ3v) is 3.88. The Bertz CT molecular complexity index is 848. The second kappa shape index (κ2) is 4.87. The molecule has 1 fully saturated rings. The highest BCUT2D eigenvalue weighted by Gasteiger charge is 2.30. The first-order chi connectivity index (χ1) is 10.7. The Hall–Kier alpha value is -2.82. The van der Waals surface area contributed by atoms with Gasteiger partial charge >= 0.3 is 0 Å². The number of anilines is 1. The lowest BCUT2D eigenvalue weighted by Gasteiger charge is -2.03. The van der Waals surface area contributed by atoms with Crippen molar-refractivity contribution in [2.24, 2.45) is 5.92 Å². The number of phenolic OH excluding ortho intramolecular Hbond substituents is 1. The molecule has 0 unspecified atom stereocenters. The Balaban J connectivity index is 1.74. The molecular weight excluding hydrogens is 278 g/mol. The number of carbonyl (C=O) groups excluding carboxylic acids is 1. The van der Waals surface area contributed by atoms with Crippen LogP contribution in [0.15, 0.2) is 48.7 Å². The minimum Gasteiger partial charge on any atom is -0.508 e. The fraction of sp³-hybridized carbons (Fsp3) is 0.176. The van der Waals surface area contributed by atoms with Gasteiger partial charge in [0.1, 0.15) is 5.75 Å². The van der Waals surface area contributed by atoms with Crippen LogP contribution in [-0.2, 0) is 4.79 Å². The summed E-state index contributed by atoms with van der Waals surface area (Å²) < 4.78 is 1.75. The van der Waals surface area contributed by atoms with Crippen LogP contribution in [0.4, 0.5) is 5.82 Å². The molecule has 0 radical (unpaired) electrons. The van der Waals surface area contributed by atoms with Gasteiger partial charge in [-0.3, -0.25) is 4.79 Å². The van der Waals surface area contributed by atoms with E-state index in [-0.39, 0.29) is 17.6 Å². The van der Waals surface area contributed by atoms with E-state index >= 15 is 0 Å². The normalized spacial score (nSPS) is 14.2. The molecule has 2 N–H and O–H groups in total. The SMILES string of the molecule is O=C(Nc1cc2c(-c3ccc(O)cc3)cccn2n1)C1CC1. The maximum atomic E-state index is 11.9. The highest BCUT2D eigenvalue weighted by molar-refractivity contribution is 5.94. The number of aromatic hydroxyl groups is 1. The molecular formula is C17H15N3O2. The summed E-state index contributed by atoms with van der Waals surface area (Å²) in [6, 6.07) is 12.8. The summed E-state index contributed by atoms with van der Waals surface area (Å²) in [6.07, 6.45) is 3.79. The van der Waals surface area contributed by atoms with Crippen LogP contribution < -0.4 is 5.32 Å². The number of hydrogen-bond acceptors (Lipinski definition) is 3. The minimum atomic E-state index is 0.0505. The Morgan fingerprint density at radius 3 is 2.73 bits per heavy atom. The molecule has 0 atom stereocenters. The summed E-state index contributed by atoms with van der Waals surface area (Å²) in [6.45, 7) is 0. The van der Waals surface area contributed by atoms with Gasteiger partial charge < -0.3 is 10.4 Å². The lowest BCUT2D eigenvalue weighted by atomic mass is 10.1. The first kappa shape index (κ1) is 12.9. The maximum absolute atomic E-state index is 11.9. The molecule has 110 valence electrons. The number of amides is 1. The summed E-state index contributed by atoms with van der Waals surface area (Å²) in [5, 5.41) is 16.7. The Morgan fingerprint density at radius 2 is 2.00 bits per heavy atom. The van der Waals surface area contributed by atoms with E-state index in [4.69, 9.17) is 0 Å². The van der Waals surface area contributed by atoms with Gasteiger partial charge in [-0.25, -0.2) is 4.52 Å². The predicted molar refractivity (Wildman–Crippen MR) is 83.6 cm³/mol. The molecule has 5 heteroatoms. The summed E-state index contributed by atoms with van der Waals surface area (Å²) in [5.41, 5.74) is 2.91.